The van der Waals surface area contributed by atoms with Gasteiger partial charge in [-0.2, -0.15) is 0 Å². The lowest BCUT2D eigenvalue weighted by atomic mass is 9.92. The van der Waals surface area contributed by atoms with Crippen molar-refractivity contribution in [3.63, 3.8) is 0 Å². The highest BCUT2D eigenvalue weighted by molar-refractivity contribution is 7.93. The summed E-state index contributed by atoms with van der Waals surface area (Å²) in [4.78, 5) is 8.64. The number of aryl methyl sites for hydroxylation is 1. The fraction of sp³-hybridized carbons (Fsp3) is 0.333. The van der Waals surface area contributed by atoms with Crippen LogP contribution in [0.4, 0.5) is 8.78 Å². The van der Waals surface area contributed by atoms with E-state index < -0.39 is 37.5 Å². The van der Waals surface area contributed by atoms with E-state index in [1.165, 1.54) is 13.8 Å². The lowest BCUT2D eigenvalue weighted by Gasteiger charge is -2.40. The van der Waals surface area contributed by atoms with Crippen LogP contribution < -0.4 is 5.73 Å². The Bertz CT molecular complexity index is 1300. The van der Waals surface area contributed by atoms with E-state index in [0.717, 1.165) is 18.2 Å². The van der Waals surface area contributed by atoms with Gasteiger partial charge in [-0.25, -0.2) is 22.2 Å². The predicted molar refractivity (Wildman–Crippen MR) is 110 cm³/mol. The van der Waals surface area contributed by atoms with Gasteiger partial charge in [0.1, 0.15) is 33.3 Å². The molecule has 0 bridgehead atoms. The molecule has 0 radical (unpaired) electrons. The molecule has 0 fully saturated rings. The molecule has 158 valence electrons. The Morgan fingerprint density at radius 3 is 2.60 bits per heavy atom. The molecule has 2 aromatic carbocycles. The predicted octanol–water partition coefficient (Wildman–Crippen LogP) is 3.42. The molecule has 30 heavy (non-hydrogen) atoms. The van der Waals surface area contributed by atoms with E-state index >= 15 is 0 Å². The largest absolute Gasteiger partial charge is 0.441 e. The summed E-state index contributed by atoms with van der Waals surface area (Å²) in [6.07, 6.45) is 0.0637. The Hall–Kier alpha value is -2.81. The molecule has 0 unspecified atom stereocenters. The SMILES string of the molecule is Cc1nc2cc(C[C@]3(C)C(N)=N[C@](C)(c4cc(F)ccc4F)CS3(=O)=O)ccc2o1. The first-order chi connectivity index (χ1) is 13.9. The average molecular weight is 433 g/mol. The number of nitrogens with two attached hydrogens (primary N) is 1. The molecular weight excluding hydrogens is 412 g/mol. The summed E-state index contributed by atoms with van der Waals surface area (Å²) in [7, 11) is -3.89. The quantitative estimate of drug-likeness (QED) is 0.682. The number of aliphatic imine (C=N–C) groups is 1. The minimum Gasteiger partial charge on any atom is -0.441 e. The number of benzene rings is 2. The van der Waals surface area contributed by atoms with E-state index in [1.54, 1.807) is 25.1 Å². The van der Waals surface area contributed by atoms with Crippen LogP contribution in [0.15, 0.2) is 45.8 Å². The molecule has 4 rings (SSSR count). The standard InChI is InChI=1S/C21H21F2N3O3S/c1-12-25-17-8-13(4-7-18(17)29-12)10-21(3)19(24)26-20(2,11-30(21,27)28)15-9-14(22)5-6-16(15)23/h4-9H,10-11H2,1-3H3,(H2,24,26)/t20-,21+/m0/s1. The smallest absolute Gasteiger partial charge is 0.192 e. The third-order valence-corrected chi connectivity index (χ3v) is 8.34. The van der Waals surface area contributed by atoms with Crippen molar-refractivity contribution in [2.45, 2.75) is 37.5 Å². The number of halogens is 2. The summed E-state index contributed by atoms with van der Waals surface area (Å²) in [5.74, 6) is -1.54. The van der Waals surface area contributed by atoms with Gasteiger partial charge in [0.05, 0.1) is 5.75 Å². The summed E-state index contributed by atoms with van der Waals surface area (Å²) in [6.45, 7) is 4.67. The van der Waals surface area contributed by atoms with Crippen LogP contribution in [0.1, 0.15) is 30.9 Å². The van der Waals surface area contributed by atoms with Gasteiger partial charge in [-0.05, 0) is 56.2 Å². The number of rotatable bonds is 3. The number of aromatic nitrogens is 1. The lowest BCUT2D eigenvalue weighted by Crippen LogP contribution is -2.57. The van der Waals surface area contributed by atoms with Crippen LogP contribution in [-0.2, 0) is 21.8 Å². The molecule has 1 aromatic heterocycles. The normalized spacial score (nSPS) is 26.0. The van der Waals surface area contributed by atoms with Gasteiger partial charge >= 0.3 is 0 Å². The van der Waals surface area contributed by atoms with Gasteiger partial charge in [-0.1, -0.05) is 6.07 Å². The van der Waals surface area contributed by atoms with Crippen molar-refractivity contribution in [1.29, 1.82) is 0 Å². The van der Waals surface area contributed by atoms with Gasteiger partial charge in [0.2, 0.25) is 0 Å². The summed E-state index contributed by atoms with van der Waals surface area (Å²) >= 11 is 0. The number of hydrogen-bond donors (Lipinski definition) is 1. The van der Waals surface area contributed by atoms with Crippen LogP contribution in [0.5, 0.6) is 0 Å². The Balaban J connectivity index is 1.78. The molecule has 0 spiro atoms. The molecular formula is C21H21F2N3O3S. The van der Waals surface area contributed by atoms with E-state index in [-0.39, 0.29) is 17.8 Å². The summed E-state index contributed by atoms with van der Waals surface area (Å²) < 4.78 is 58.8. The van der Waals surface area contributed by atoms with Crippen molar-refractivity contribution in [1.82, 2.24) is 4.98 Å². The molecule has 2 atom stereocenters. The molecule has 0 saturated heterocycles. The van der Waals surface area contributed by atoms with E-state index in [1.807, 2.05) is 0 Å². The van der Waals surface area contributed by atoms with Crippen molar-refractivity contribution < 1.29 is 21.6 Å². The van der Waals surface area contributed by atoms with Crippen LogP contribution >= 0.6 is 0 Å². The molecule has 0 saturated carbocycles. The van der Waals surface area contributed by atoms with Crippen molar-refractivity contribution in [2.24, 2.45) is 10.7 Å². The maximum absolute atomic E-state index is 14.4. The fourth-order valence-corrected chi connectivity index (χ4v) is 5.97. The van der Waals surface area contributed by atoms with Crippen LogP contribution in [0.3, 0.4) is 0 Å². The highest BCUT2D eigenvalue weighted by atomic mass is 32.2. The number of oxazole rings is 1. The zero-order valence-electron chi connectivity index (χ0n) is 16.7. The number of sulfone groups is 1. The molecule has 2 heterocycles. The Morgan fingerprint density at radius 1 is 1.17 bits per heavy atom. The van der Waals surface area contributed by atoms with E-state index in [4.69, 9.17) is 10.2 Å². The van der Waals surface area contributed by atoms with E-state index in [2.05, 4.69) is 9.98 Å². The van der Waals surface area contributed by atoms with Crippen LogP contribution in [0, 0.1) is 18.6 Å². The monoisotopic (exact) mass is 433 g/mol. The summed E-state index contributed by atoms with van der Waals surface area (Å²) in [5.41, 5.74) is 6.42. The van der Waals surface area contributed by atoms with E-state index in [9.17, 15) is 17.2 Å². The second kappa shape index (κ2) is 6.60. The second-order valence-electron chi connectivity index (χ2n) is 8.10. The van der Waals surface area contributed by atoms with Gasteiger partial charge in [-0.15, -0.1) is 0 Å². The molecule has 0 amide bonds. The zero-order chi connectivity index (χ0) is 21.9. The minimum absolute atomic E-state index is 0.0637. The van der Waals surface area contributed by atoms with Crippen molar-refractivity contribution in [3.05, 3.63) is 65.1 Å². The fourth-order valence-electron chi connectivity index (χ4n) is 3.94. The Kier molecular flexibility index (Phi) is 4.50. The van der Waals surface area contributed by atoms with Crippen molar-refractivity contribution in [2.75, 3.05) is 5.75 Å². The topological polar surface area (TPSA) is 98.5 Å². The zero-order valence-corrected chi connectivity index (χ0v) is 17.6. The van der Waals surface area contributed by atoms with Gasteiger partial charge in [0, 0.05) is 12.5 Å². The van der Waals surface area contributed by atoms with Crippen LogP contribution in [0.25, 0.3) is 11.1 Å². The van der Waals surface area contributed by atoms with Gasteiger partial charge in [0.25, 0.3) is 0 Å². The van der Waals surface area contributed by atoms with Gasteiger partial charge < -0.3 is 10.2 Å². The molecule has 6 nitrogen and oxygen atoms in total. The minimum atomic E-state index is -3.89. The summed E-state index contributed by atoms with van der Waals surface area (Å²) in [6, 6.07) is 8.12. The average Bonchev–Trinajstić information content (AvgIpc) is 3.01. The number of fused-ring (bicyclic) bond motifs is 1. The van der Waals surface area contributed by atoms with Crippen molar-refractivity contribution >= 4 is 26.8 Å². The molecule has 3 aromatic rings. The first-order valence-corrected chi connectivity index (χ1v) is 11.0. The van der Waals surface area contributed by atoms with Crippen LogP contribution in [-0.4, -0.2) is 29.7 Å². The maximum Gasteiger partial charge on any atom is 0.192 e. The number of amidine groups is 1. The second-order valence-corrected chi connectivity index (χ2v) is 10.5. The Labute approximate surface area is 172 Å². The third kappa shape index (κ3) is 3.17. The van der Waals surface area contributed by atoms with Crippen molar-refractivity contribution in [3.8, 4) is 0 Å². The lowest BCUT2D eigenvalue weighted by molar-refractivity contribution is 0.466. The number of nitrogens with zero attached hydrogens (tertiary/aromatic N) is 2. The van der Waals surface area contributed by atoms with E-state index in [0.29, 0.717) is 22.6 Å². The molecule has 1 aliphatic rings. The molecule has 2 N–H and O–H groups in total. The number of hydrogen-bond acceptors (Lipinski definition) is 6. The highest BCUT2D eigenvalue weighted by Gasteiger charge is 2.52. The third-order valence-electron chi connectivity index (χ3n) is 5.68. The Morgan fingerprint density at radius 2 is 1.90 bits per heavy atom. The maximum atomic E-state index is 14.4. The first kappa shape index (κ1) is 20.5. The molecule has 0 aliphatic carbocycles. The molecule has 9 heteroatoms. The van der Waals surface area contributed by atoms with Crippen LogP contribution in [0.2, 0.25) is 0 Å². The van der Waals surface area contributed by atoms with Gasteiger partial charge in [0.15, 0.2) is 21.3 Å². The van der Waals surface area contributed by atoms with Gasteiger partial charge in [-0.3, -0.25) is 4.99 Å². The summed E-state index contributed by atoms with van der Waals surface area (Å²) in [5, 5.41) is 0. The molecule has 1 aliphatic heterocycles. The highest BCUT2D eigenvalue weighted by Crippen LogP contribution is 2.39. The first-order valence-electron chi connectivity index (χ1n) is 9.33.